The third-order valence-electron chi connectivity index (χ3n) is 4.75. The minimum Gasteiger partial charge on any atom is -0.346 e. The molecular weight excluding hydrogens is 451 g/mol. The number of rotatable bonds is 7. The minimum atomic E-state index is -0.326. The molecule has 10 heteroatoms. The number of carbonyl (C=O) groups excluding carboxylic acids is 1. The maximum atomic E-state index is 12.9. The summed E-state index contributed by atoms with van der Waals surface area (Å²) in [6.45, 7) is 4.76. The topological polar surface area (TPSA) is 76.0 Å². The normalized spacial score (nSPS) is 15.9. The number of thioether (sulfide) groups is 1. The van der Waals surface area contributed by atoms with Gasteiger partial charge in [-0.3, -0.25) is 9.59 Å². The standard InChI is InChI=1S/C19H26N4O2S2.2ClH/c1-13-5-7-23(10-14-4-3-6-20-8-14)19(25)17(13)18(24)21-9-15-11-27-16(22-15)12-26-2;;/h5,7,11,14,20H,3-4,6,8-10,12H2,1-2H3,(H,21,24);2*1H. The summed E-state index contributed by atoms with van der Waals surface area (Å²) in [5, 5.41) is 9.23. The molecule has 0 aliphatic carbocycles. The first-order valence-electron chi connectivity index (χ1n) is 9.19. The van der Waals surface area contributed by atoms with Crippen molar-refractivity contribution >= 4 is 53.8 Å². The Hall–Kier alpha value is -1.06. The molecule has 3 rings (SSSR count). The number of carbonyl (C=O) groups is 1. The van der Waals surface area contributed by atoms with Gasteiger partial charge in [0.15, 0.2) is 0 Å². The Morgan fingerprint density at radius 3 is 2.93 bits per heavy atom. The minimum absolute atomic E-state index is 0. The Labute approximate surface area is 192 Å². The summed E-state index contributed by atoms with van der Waals surface area (Å²) < 4.78 is 1.68. The van der Waals surface area contributed by atoms with Crippen molar-refractivity contribution in [1.82, 2.24) is 20.2 Å². The molecule has 162 valence electrons. The van der Waals surface area contributed by atoms with Crippen LogP contribution in [0.2, 0.25) is 0 Å². The number of halogens is 2. The van der Waals surface area contributed by atoms with Gasteiger partial charge in [-0.05, 0) is 56.7 Å². The maximum Gasteiger partial charge on any atom is 0.263 e. The van der Waals surface area contributed by atoms with Gasteiger partial charge in [0.1, 0.15) is 10.6 Å². The van der Waals surface area contributed by atoms with E-state index in [2.05, 4.69) is 15.6 Å². The zero-order chi connectivity index (χ0) is 19.2. The summed E-state index contributed by atoms with van der Waals surface area (Å²) in [6, 6.07) is 1.85. The van der Waals surface area contributed by atoms with E-state index in [1.165, 1.54) is 0 Å². The number of nitrogens with zero attached hydrogens (tertiary/aromatic N) is 2. The van der Waals surface area contributed by atoms with Gasteiger partial charge in [-0.25, -0.2) is 4.98 Å². The number of aromatic nitrogens is 2. The fourth-order valence-corrected chi connectivity index (χ4v) is 4.84. The van der Waals surface area contributed by atoms with E-state index in [9.17, 15) is 9.59 Å². The molecule has 1 saturated heterocycles. The van der Waals surface area contributed by atoms with Gasteiger partial charge in [0.25, 0.3) is 11.5 Å². The largest absolute Gasteiger partial charge is 0.346 e. The molecule has 0 aromatic carbocycles. The fourth-order valence-electron chi connectivity index (χ4n) is 3.32. The predicted molar refractivity (Wildman–Crippen MR) is 126 cm³/mol. The Morgan fingerprint density at radius 2 is 2.24 bits per heavy atom. The molecule has 1 unspecified atom stereocenters. The molecule has 0 saturated carbocycles. The number of thiazole rings is 1. The lowest BCUT2D eigenvalue weighted by atomic mass is 9.99. The predicted octanol–water partition coefficient (Wildman–Crippen LogP) is 3.25. The Balaban J connectivity index is 0.00000210. The number of nitrogens with one attached hydrogen (secondary N) is 2. The molecule has 2 aromatic rings. The molecule has 1 aliphatic rings. The van der Waals surface area contributed by atoms with Gasteiger partial charge >= 0.3 is 0 Å². The van der Waals surface area contributed by atoms with Crippen LogP contribution in [0.3, 0.4) is 0 Å². The lowest BCUT2D eigenvalue weighted by Crippen LogP contribution is -2.37. The molecule has 0 bridgehead atoms. The van der Waals surface area contributed by atoms with Crippen molar-refractivity contribution in [3.05, 3.63) is 49.8 Å². The zero-order valence-electron chi connectivity index (χ0n) is 16.6. The molecule has 0 radical (unpaired) electrons. The number of pyridine rings is 1. The summed E-state index contributed by atoms with van der Waals surface area (Å²) in [5.74, 6) is 0.977. The van der Waals surface area contributed by atoms with Gasteiger partial charge in [0.05, 0.1) is 12.2 Å². The van der Waals surface area contributed by atoms with Crippen LogP contribution in [-0.4, -0.2) is 34.8 Å². The summed E-state index contributed by atoms with van der Waals surface area (Å²) in [5.41, 5.74) is 1.57. The quantitative estimate of drug-likeness (QED) is 0.638. The van der Waals surface area contributed by atoms with Gasteiger partial charge in [-0.15, -0.1) is 36.2 Å². The third-order valence-corrected chi connectivity index (χ3v) is 6.39. The molecule has 2 N–H and O–H groups in total. The van der Waals surface area contributed by atoms with Crippen LogP contribution in [0, 0.1) is 12.8 Å². The Bertz CT molecular complexity index is 851. The van der Waals surface area contributed by atoms with Crippen molar-refractivity contribution in [2.45, 2.75) is 38.6 Å². The van der Waals surface area contributed by atoms with Gasteiger partial charge < -0.3 is 15.2 Å². The van der Waals surface area contributed by atoms with Gasteiger partial charge in [0.2, 0.25) is 0 Å². The molecular formula is C19H28Cl2N4O2S2. The van der Waals surface area contributed by atoms with E-state index < -0.39 is 0 Å². The van der Waals surface area contributed by atoms with Crippen molar-refractivity contribution < 1.29 is 4.79 Å². The van der Waals surface area contributed by atoms with Crippen LogP contribution in [0.4, 0.5) is 0 Å². The highest BCUT2D eigenvalue weighted by Gasteiger charge is 2.19. The highest BCUT2D eigenvalue weighted by atomic mass is 35.5. The van der Waals surface area contributed by atoms with Crippen LogP contribution < -0.4 is 16.2 Å². The van der Waals surface area contributed by atoms with Crippen LogP contribution in [0.1, 0.15) is 39.5 Å². The molecule has 1 fully saturated rings. The second-order valence-electron chi connectivity index (χ2n) is 6.89. The number of amides is 1. The summed E-state index contributed by atoms with van der Waals surface area (Å²) >= 11 is 3.32. The van der Waals surface area contributed by atoms with Crippen LogP contribution in [-0.2, 0) is 18.8 Å². The van der Waals surface area contributed by atoms with Crippen LogP contribution >= 0.6 is 47.9 Å². The molecule has 6 nitrogen and oxygen atoms in total. The molecule has 1 amide bonds. The Kier molecular flexibility index (Phi) is 11.3. The maximum absolute atomic E-state index is 12.9. The van der Waals surface area contributed by atoms with E-state index in [-0.39, 0.29) is 41.8 Å². The average molecular weight is 479 g/mol. The van der Waals surface area contributed by atoms with Crippen LogP contribution in [0.15, 0.2) is 22.4 Å². The third kappa shape index (κ3) is 7.00. The smallest absolute Gasteiger partial charge is 0.263 e. The van der Waals surface area contributed by atoms with E-state index in [0.717, 1.165) is 42.4 Å². The lowest BCUT2D eigenvalue weighted by Gasteiger charge is -2.23. The first-order valence-corrected chi connectivity index (χ1v) is 11.5. The summed E-state index contributed by atoms with van der Waals surface area (Å²) in [6.07, 6.45) is 6.08. The second-order valence-corrected chi connectivity index (χ2v) is 8.70. The Morgan fingerprint density at radius 1 is 1.45 bits per heavy atom. The highest BCUT2D eigenvalue weighted by Crippen LogP contribution is 2.15. The van der Waals surface area contributed by atoms with Crippen molar-refractivity contribution in [3.63, 3.8) is 0 Å². The lowest BCUT2D eigenvalue weighted by molar-refractivity contribution is 0.0947. The highest BCUT2D eigenvalue weighted by molar-refractivity contribution is 7.97. The number of hydrogen-bond donors (Lipinski definition) is 2. The molecule has 1 aliphatic heterocycles. The molecule has 3 heterocycles. The van der Waals surface area contributed by atoms with E-state index in [1.54, 1.807) is 33.9 Å². The second kappa shape index (κ2) is 12.6. The van der Waals surface area contributed by atoms with E-state index in [4.69, 9.17) is 0 Å². The van der Waals surface area contributed by atoms with Crippen molar-refractivity contribution in [2.24, 2.45) is 5.92 Å². The molecule has 2 aromatic heterocycles. The monoisotopic (exact) mass is 478 g/mol. The average Bonchev–Trinajstić information content (AvgIpc) is 3.11. The van der Waals surface area contributed by atoms with Crippen molar-refractivity contribution in [3.8, 4) is 0 Å². The summed E-state index contributed by atoms with van der Waals surface area (Å²) in [7, 11) is 0. The molecule has 29 heavy (non-hydrogen) atoms. The van der Waals surface area contributed by atoms with Gasteiger partial charge in [-0.1, -0.05) is 0 Å². The van der Waals surface area contributed by atoms with Crippen LogP contribution in [0.25, 0.3) is 0 Å². The number of piperidine rings is 1. The first kappa shape index (κ1) is 26.0. The summed E-state index contributed by atoms with van der Waals surface area (Å²) in [4.78, 5) is 30.0. The fraction of sp³-hybridized carbons (Fsp3) is 0.526. The molecule has 0 spiro atoms. The van der Waals surface area contributed by atoms with E-state index in [1.807, 2.05) is 24.6 Å². The van der Waals surface area contributed by atoms with Gasteiger partial charge in [0, 0.05) is 23.9 Å². The van der Waals surface area contributed by atoms with E-state index >= 15 is 0 Å². The number of hydrogen-bond acceptors (Lipinski definition) is 6. The van der Waals surface area contributed by atoms with E-state index in [0.29, 0.717) is 24.6 Å². The van der Waals surface area contributed by atoms with Crippen molar-refractivity contribution in [2.75, 3.05) is 19.3 Å². The molecule has 1 atom stereocenters. The van der Waals surface area contributed by atoms with Gasteiger partial charge in [-0.2, -0.15) is 11.8 Å². The van der Waals surface area contributed by atoms with Crippen LogP contribution in [0.5, 0.6) is 0 Å². The van der Waals surface area contributed by atoms with Crippen molar-refractivity contribution in [1.29, 1.82) is 0 Å². The SMILES string of the molecule is CSCc1nc(CNC(=O)c2c(C)ccn(CC3CCCNC3)c2=O)cs1.Cl.Cl. The first-order chi connectivity index (χ1) is 13.1. The zero-order valence-corrected chi connectivity index (χ0v) is 19.9. The number of aryl methyl sites for hydroxylation is 1.